The van der Waals surface area contributed by atoms with Crippen molar-refractivity contribution < 1.29 is 9.53 Å². The Morgan fingerprint density at radius 1 is 1.07 bits per heavy atom. The Morgan fingerprint density at radius 3 is 2.75 bits per heavy atom. The molecule has 1 fully saturated rings. The van der Waals surface area contributed by atoms with Crippen molar-refractivity contribution in [2.24, 2.45) is 0 Å². The molecule has 0 saturated carbocycles. The molecule has 1 aromatic carbocycles. The molecular weight excluding hydrogens is 354 g/mol. The summed E-state index contributed by atoms with van der Waals surface area (Å²) in [6.45, 7) is 5.29. The highest BCUT2D eigenvalue weighted by Gasteiger charge is 2.11. The van der Waals surface area contributed by atoms with Crippen molar-refractivity contribution in [1.29, 1.82) is 0 Å². The summed E-state index contributed by atoms with van der Waals surface area (Å²) in [4.78, 5) is 23.6. The molecular formula is C21H23N5O2. The van der Waals surface area contributed by atoms with Crippen molar-refractivity contribution in [3.05, 3.63) is 60.4 Å². The summed E-state index contributed by atoms with van der Waals surface area (Å²) < 4.78 is 5.35. The number of carbonyl (C=O) groups is 1. The van der Waals surface area contributed by atoms with Crippen LogP contribution in [0.4, 0.5) is 11.5 Å². The Hall–Kier alpha value is -3.03. The molecule has 2 N–H and O–H groups in total. The number of rotatable bonds is 6. The highest BCUT2D eigenvalue weighted by molar-refractivity contribution is 6.08. The molecule has 0 aliphatic carbocycles. The van der Waals surface area contributed by atoms with Gasteiger partial charge >= 0.3 is 0 Å². The van der Waals surface area contributed by atoms with Gasteiger partial charge in [0.1, 0.15) is 5.82 Å². The number of benzene rings is 1. The number of fused-ring (bicyclic) bond motifs is 1. The zero-order valence-electron chi connectivity index (χ0n) is 15.6. The fourth-order valence-electron chi connectivity index (χ4n) is 3.20. The van der Waals surface area contributed by atoms with Crippen molar-refractivity contribution in [3.63, 3.8) is 0 Å². The topological polar surface area (TPSA) is 79.4 Å². The maximum absolute atomic E-state index is 12.6. The average molecular weight is 377 g/mol. The summed E-state index contributed by atoms with van der Waals surface area (Å²) in [7, 11) is 0. The highest BCUT2D eigenvalue weighted by Crippen LogP contribution is 2.21. The largest absolute Gasteiger partial charge is 0.379 e. The molecule has 3 heterocycles. The minimum atomic E-state index is -0.203. The second-order valence-electron chi connectivity index (χ2n) is 6.65. The molecule has 4 rings (SSSR count). The van der Waals surface area contributed by atoms with Crippen LogP contribution in [0.25, 0.3) is 10.9 Å². The Balaban J connectivity index is 1.34. The van der Waals surface area contributed by atoms with Crippen molar-refractivity contribution in [3.8, 4) is 0 Å². The van der Waals surface area contributed by atoms with Gasteiger partial charge in [-0.3, -0.25) is 14.7 Å². The van der Waals surface area contributed by atoms with Crippen LogP contribution in [0.5, 0.6) is 0 Å². The molecule has 1 amide bonds. The highest BCUT2D eigenvalue weighted by atomic mass is 16.5. The normalized spacial score (nSPS) is 14.7. The molecule has 28 heavy (non-hydrogen) atoms. The minimum Gasteiger partial charge on any atom is -0.379 e. The SMILES string of the molecule is O=C(Nc1cccc2cccnc12)c1ccc(NCCN2CCOCC2)nc1. The zero-order chi connectivity index (χ0) is 19.2. The van der Waals surface area contributed by atoms with Gasteiger partial charge in [-0.05, 0) is 24.3 Å². The number of morpholine rings is 1. The van der Waals surface area contributed by atoms with Gasteiger partial charge in [0.05, 0.1) is 30.0 Å². The molecule has 3 aromatic rings. The molecule has 0 bridgehead atoms. The van der Waals surface area contributed by atoms with Gasteiger partial charge < -0.3 is 15.4 Å². The fourth-order valence-corrected chi connectivity index (χ4v) is 3.20. The van der Waals surface area contributed by atoms with E-state index in [-0.39, 0.29) is 5.91 Å². The first-order valence-corrected chi connectivity index (χ1v) is 9.45. The van der Waals surface area contributed by atoms with Gasteiger partial charge in [-0.1, -0.05) is 18.2 Å². The standard InChI is InChI=1S/C21H23N5O2/c27-21(25-18-5-1-3-16-4-2-8-23-20(16)18)17-6-7-19(24-15-17)22-9-10-26-11-13-28-14-12-26/h1-8,15H,9-14H2,(H,22,24)(H,25,27). The zero-order valence-corrected chi connectivity index (χ0v) is 15.6. The van der Waals surface area contributed by atoms with Crippen LogP contribution in [-0.2, 0) is 4.74 Å². The van der Waals surface area contributed by atoms with Crippen LogP contribution in [0.2, 0.25) is 0 Å². The van der Waals surface area contributed by atoms with Crippen LogP contribution < -0.4 is 10.6 Å². The number of para-hydroxylation sites is 1. The number of aromatic nitrogens is 2. The fraction of sp³-hybridized carbons (Fsp3) is 0.286. The van der Waals surface area contributed by atoms with E-state index in [2.05, 4.69) is 25.5 Å². The van der Waals surface area contributed by atoms with Crippen LogP contribution in [0.15, 0.2) is 54.9 Å². The molecule has 1 saturated heterocycles. The number of nitrogens with one attached hydrogen (secondary N) is 2. The molecule has 2 aromatic heterocycles. The molecule has 1 aliphatic heterocycles. The number of hydrogen-bond donors (Lipinski definition) is 2. The summed E-state index contributed by atoms with van der Waals surface area (Å²) in [6.07, 6.45) is 3.31. The number of anilines is 2. The van der Waals surface area contributed by atoms with Crippen molar-refractivity contribution in [2.75, 3.05) is 50.0 Å². The van der Waals surface area contributed by atoms with Crippen LogP contribution in [0, 0.1) is 0 Å². The van der Waals surface area contributed by atoms with Gasteiger partial charge in [0, 0.05) is 44.0 Å². The van der Waals surface area contributed by atoms with Crippen molar-refractivity contribution in [1.82, 2.24) is 14.9 Å². The Labute approximate surface area is 163 Å². The summed E-state index contributed by atoms with van der Waals surface area (Å²) in [5, 5.41) is 7.21. The molecule has 0 unspecified atom stereocenters. The summed E-state index contributed by atoms with van der Waals surface area (Å²) in [5.41, 5.74) is 1.97. The third kappa shape index (κ3) is 4.44. The average Bonchev–Trinajstić information content (AvgIpc) is 2.75. The molecule has 0 spiro atoms. The summed E-state index contributed by atoms with van der Waals surface area (Å²) >= 11 is 0. The van der Waals surface area contributed by atoms with E-state index in [9.17, 15) is 4.79 Å². The lowest BCUT2D eigenvalue weighted by Crippen LogP contribution is -2.39. The number of carbonyl (C=O) groups excluding carboxylic acids is 1. The van der Waals surface area contributed by atoms with Gasteiger partial charge in [0.25, 0.3) is 5.91 Å². The first-order valence-electron chi connectivity index (χ1n) is 9.45. The predicted octanol–water partition coefficient (Wildman–Crippen LogP) is 2.63. The van der Waals surface area contributed by atoms with Gasteiger partial charge in [0.2, 0.25) is 0 Å². The number of pyridine rings is 2. The maximum atomic E-state index is 12.6. The molecule has 7 nitrogen and oxygen atoms in total. The lowest BCUT2D eigenvalue weighted by molar-refractivity contribution is 0.0398. The van der Waals surface area contributed by atoms with Gasteiger partial charge in [-0.15, -0.1) is 0 Å². The molecule has 144 valence electrons. The molecule has 7 heteroatoms. The lowest BCUT2D eigenvalue weighted by atomic mass is 10.2. The Morgan fingerprint density at radius 2 is 1.93 bits per heavy atom. The minimum absolute atomic E-state index is 0.203. The Kier molecular flexibility index (Phi) is 5.75. The monoisotopic (exact) mass is 377 g/mol. The second kappa shape index (κ2) is 8.77. The molecule has 1 aliphatic rings. The van der Waals surface area contributed by atoms with E-state index in [0.29, 0.717) is 11.3 Å². The van der Waals surface area contributed by atoms with Crippen LogP contribution in [0.3, 0.4) is 0 Å². The van der Waals surface area contributed by atoms with E-state index in [0.717, 1.165) is 56.1 Å². The van der Waals surface area contributed by atoms with E-state index in [1.807, 2.05) is 36.4 Å². The quantitative estimate of drug-likeness (QED) is 0.688. The predicted molar refractivity (Wildman–Crippen MR) is 110 cm³/mol. The Bertz CT molecular complexity index is 934. The van der Waals surface area contributed by atoms with Crippen molar-refractivity contribution in [2.45, 2.75) is 0 Å². The molecule has 0 radical (unpaired) electrons. The number of ether oxygens (including phenoxy) is 1. The third-order valence-electron chi connectivity index (χ3n) is 4.74. The first kappa shape index (κ1) is 18.3. The third-order valence-corrected chi connectivity index (χ3v) is 4.74. The van der Waals surface area contributed by atoms with Crippen LogP contribution >= 0.6 is 0 Å². The second-order valence-corrected chi connectivity index (χ2v) is 6.65. The number of nitrogens with zero attached hydrogens (tertiary/aromatic N) is 3. The van der Waals surface area contributed by atoms with Crippen LogP contribution in [-0.4, -0.2) is 60.2 Å². The van der Waals surface area contributed by atoms with E-state index in [1.165, 1.54) is 0 Å². The van der Waals surface area contributed by atoms with E-state index in [4.69, 9.17) is 4.74 Å². The smallest absolute Gasteiger partial charge is 0.257 e. The number of hydrogen-bond acceptors (Lipinski definition) is 6. The summed E-state index contributed by atoms with van der Waals surface area (Å²) in [5.74, 6) is 0.558. The summed E-state index contributed by atoms with van der Waals surface area (Å²) in [6, 6.07) is 13.2. The van der Waals surface area contributed by atoms with E-state index >= 15 is 0 Å². The van der Waals surface area contributed by atoms with Gasteiger partial charge in [-0.25, -0.2) is 4.98 Å². The maximum Gasteiger partial charge on any atom is 0.257 e. The van der Waals surface area contributed by atoms with Crippen molar-refractivity contribution >= 4 is 28.3 Å². The number of amides is 1. The van der Waals surface area contributed by atoms with Crippen LogP contribution in [0.1, 0.15) is 10.4 Å². The van der Waals surface area contributed by atoms with E-state index in [1.54, 1.807) is 18.5 Å². The van der Waals surface area contributed by atoms with E-state index < -0.39 is 0 Å². The van der Waals surface area contributed by atoms with Gasteiger partial charge in [0.15, 0.2) is 0 Å². The molecule has 0 atom stereocenters. The van der Waals surface area contributed by atoms with Gasteiger partial charge in [-0.2, -0.15) is 0 Å². The lowest BCUT2D eigenvalue weighted by Gasteiger charge is -2.26. The first-order chi connectivity index (χ1) is 13.8.